The molecule has 0 aromatic carbocycles. The lowest BCUT2D eigenvalue weighted by atomic mass is 10.2. The molecule has 24 heavy (non-hydrogen) atoms. The van der Waals surface area contributed by atoms with Gasteiger partial charge in [-0.15, -0.1) is 0 Å². The van der Waals surface area contributed by atoms with E-state index in [0.29, 0.717) is 48.9 Å². The third-order valence-electron chi connectivity index (χ3n) is 4.27. The molecule has 0 aliphatic carbocycles. The van der Waals surface area contributed by atoms with Crippen molar-refractivity contribution in [1.82, 2.24) is 25.2 Å². The molecule has 8 nitrogen and oxygen atoms in total. The van der Waals surface area contributed by atoms with Gasteiger partial charge in [-0.1, -0.05) is 0 Å². The molecule has 2 aromatic rings. The van der Waals surface area contributed by atoms with Crippen molar-refractivity contribution in [3.8, 4) is 0 Å². The van der Waals surface area contributed by atoms with Crippen molar-refractivity contribution in [1.29, 1.82) is 0 Å². The fourth-order valence-electron chi connectivity index (χ4n) is 2.97. The number of hydrogen-bond donors (Lipinski definition) is 1. The highest BCUT2D eigenvalue weighted by Gasteiger charge is 2.27. The Morgan fingerprint density at radius 2 is 1.71 bits per heavy atom. The number of rotatable bonds is 2. The van der Waals surface area contributed by atoms with Gasteiger partial charge in [-0.05, 0) is 33.3 Å². The van der Waals surface area contributed by atoms with Gasteiger partial charge in [-0.3, -0.25) is 9.59 Å². The lowest BCUT2D eigenvalue weighted by Crippen LogP contribution is -2.37. The number of H-pyrrole nitrogens is 1. The van der Waals surface area contributed by atoms with E-state index in [2.05, 4.69) is 15.4 Å². The molecular formula is C16H21N5O3. The molecule has 1 aliphatic heterocycles. The summed E-state index contributed by atoms with van der Waals surface area (Å²) in [5.74, 6) is 1.17. The van der Waals surface area contributed by atoms with E-state index in [9.17, 15) is 9.59 Å². The summed E-state index contributed by atoms with van der Waals surface area (Å²) in [5, 5.41) is 10.3. The van der Waals surface area contributed by atoms with Gasteiger partial charge in [-0.2, -0.15) is 15.4 Å². The van der Waals surface area contributed by atoms with Crippen LogP contribution in [0.1, 0.15) is 44.5 Å². The minimum atomic E-state index is -0.147. The van der Waals surface area contributed by atoms with Crippen LogP contribution in [0.2, 0.25) is 0 Å². The minimum Gasteiger partial charge on any atom is -0.466 e. The highest BCUT2D eigenvalue weighted by atomic mass is 16.3. The van der Waals surface area contributed by atoms with Gasteiger partial charge in [-0.25, -0.2) is 0 Å². The molecule has 0 unspecified atom stereocenters. The standard InChI is InChI=1S/C16H21N5O3/c1-10-9-13(12(3)24-10)15(22)20-5-4-6-21(8-7-20)16(23)14-11(2)17-19-18-14/h9H,4-8H2,1-3H3,(H,17,18,19). The smallest absolute Gasteiger partial charge is 0.276 e. The van der Waals surface area contributed by atoms with E-state index < -0.39 is 0 Å². The number of nitrogens with one attached hydrogen (secondary N) is 1. The van der Waals surface area contributed by atoms with Crippen molar-refractivity contribution in [3.63, 3.8) is 0 Å². The molecule has 128 valence electrons. The molecule has 1 aliphatic rings. The number of aromatic amines is 1. The zero-order valence-corrected chi connectivity index (χ0v) is 14.1. The van der Waals surface area contributed by atoms with Gasteiger partial charge >= 0.3 is 0 Å². The van der Waals surface area contributed by atoms with E-state index in [4.69, 9.17) is 4.42 Å². The maximum atomic E-state index is 12.7. The van der Waals surface area contributed by atoms with Crippen LogP contribution < -0.4 is 0 Å². The molecule has 1 fully saturated rings. The minimum absolute atomic E-state index is 0.0451. The largest absolute Gasteiger partial charge is 0.466 e. The molecule has 0 radical (unpaired) electrons. The lowest BCUT2D eigenvalue weighted by molar-refractivity contribution is 0.0714. The molecule has 1 N–H and O–H groups in total. The van der Waals surface area contributed by atoms with Crippen molar-refractivity contribution in [2.24, 2.45) is 0 Å². The van der Waals surface area contributed by atoms with Crippen molar-refractivity contribution >= 4 is 11.8 Å². The summed E-state index contributed by atoms with van der Waals surface area (Å²) < 4.78 is 5.45. The second-order valence-electron chi connectivity index (χ2n) is 6.02. The van der Waals surface area contributed by atoms with Crippen LogP contribution in [0.3, 0.4) is 0 Å². The summed E-state index contributed by atoms with van der Waals surface area (Å²) in [5.41, 5.74) is 1.53. The molecule has 3 rings (SSSR count). The summed E-state index contributed by atoms with van der Waals surface area (Å²) in [6.07, 6.45) is 0.726. The van der Waals surface area contributed by atoms with Gasteiger partial charge in [0.1, 0.15) is 11.5 Å². The number of amides is 2. The SMILES string of the molecule is Cc1cc(C(=O)N2CCCN(C(=O)c3n[nH]nc3C)CC2)c(C)o1. The average molecular weight is 331 g/mol. The summed E-state index contributed by atoms with van der Waals surface area (Å²) in [4.78, 5) is 28.7. The lowest BCUT2D eigenvalue weighted by Gasteiger charge is -2.21. The van der Waals surface area contributed by atoms with Crippen molar-refractivity contribution in [2.45, 2.75) is 27.2 Å². The first-order valence-corrected chi connectivity index (χ1v) is 8.00. The van der Waals surface area contributed by atoms with Crippen LogP contribution in [0, 0.1) is 20.8 Å². The highest BCUT2D eigenvalue weighted by Crippen LogP contribution is 2.17. The van der Waals surface area contributed by atoms with Crippen LogP contribution >= 0.6 is 0 Å². The van der Waals surface area contributed by atoms with Crippen LogP contribution in [0.4, 0.5) is 0 Å². The van der Waals surface area contributed by atoms with E-state index in [-0.39, 0.29) is 11.8 Å². The Kier molecular flexibility index (Phi) is 4.37. The fraction of sp³-hybridized carbons (Fsp3) is 0.500. The second-order valence-corrected chi connectivity index (χ2v) is 6.02. The summed E-state index contributed by atoms with van der Waals surface area (Å²) >= 11 is 0. The predicted octanol–water partition coefficient (Wildman–Crippen LogP) is 1.31. The molecule has 1 saturated heterocycles. The van der Waals surface area contributed by atoms with Gasteiger partial charge in [0.15, 0.2) is 5.69 Å². The van der Waals surface area contributed by atoms with Gasteiger partial charge in [0, 0.05) is 26.2 Å². The van der Waals surface area contributed by atoms with Crippen LogP contribution in [-0.2, 0) is 0 Å². The maximum absolute atomic E-state index is 12.7. The van der Waals surface area contributed by atoms with Crippen LogP contribution in [0.25, 0.3) is 0 Å². The summed E-state index contributed by atoms with van der Waals surface area (Å²) in [6.45, 7) is 7.54. The normalized spacial score (nSPS) is 15.5. The summed E-state index contributed by atoms with van der Waals surface area (Å²) in [7, 11) is 0. The third-order valence-corrected chi connectivity index (χ3v) is 4.27. The monoisotopic (exact) mass is 331 g/mol. The quantitative estimate of drug-likeness (QED) is 0.895. The first kappa shape index (κ1) is 16.2. The van der Waals surface area contributed by atoms with Crippen molar-refractivity contribution in [3.05, 3.63) is 34.5 Å². The Balaban J connectivity index is 1.69. The topological polar surface area (TPSA) is 95.3 Å². The van der Waals surface area contributed by atoms with E-state index in [1.165, 1.54) is 0 Å². The van der Waals surface area contributed by atoms with Crippen LogP contribution in [0.5, 0.6) is 0 Å². The maximum Gasteiger partial charge on any atom is 0.276 e. The molecule has 8 heteroatoms. The first-order valence-electron chi connectivity index (χ1n) is 8.00. The molecule has 0 atom stereocenters. The Hall–Kier alpha value is -2.64. The van der Waals surface area contributed by atoms with Crippen LogP contribution in [-0.4, -0.2) is 63.2 Å². The molecule has 2 aromatic heterocycles. The Bertz CT molecular complexity index is 764. The zero-order chi connectivity index (χ0) is 17.3. The molecular weight excluding hydrogens is 310 g/mol. The van der Waals surface area contributed by atoms with E-state index in [1.54, 1.807) is 29.7 Å². The van der Waals surface area contributed by atoms with Crippen molar-refractivity contribution < 1.29 is 14.0 Å². The fourth-order valence-corrected chi connectivity index (χ4v) is 2.97. The molecule has 0 spiro atoms. The molecule has 0 saturated carbocycles. The van der Waals surface area contributed by atoms with E-state index in [0.717, 1.165) is 12.2 Å². The number of hydrogen-bond acceptors (Lipinski definition) is 5. The number of carbonyl (C=O) groups is 2. The second kappa shape index (κ2) is 6.46. The number of aryl methyl sites for hydroxylation is 3. The third kappa shape index (κ3) is 3.04. The van der Waals surface area contributed by atoms with E-state index >= 15 is 0 Å². The molecule has 3 heterocycles. The number of furan rings is 1. The van der Waals surface area contributed by atoms with Gasteiger partial charge < -0.3 is 14.2 Å². The first-order chi connectivity index (χ1) is 11.5. The highest BCUT2D eigenvalue weighted by molar-refractivity contribution is 5.96. The predicted molar refractivity (Wildman–Crippen MR) is 85.7 cm³/mol. The summed E-state index contributed by atoms with van der Waals surface area (Å²) in [6, 6.07) is 1.77. The Morgan fingerprint density at radius 1 is 1.04 bits per heavy atom. The zero-order valence-electron chi connectivity index (χ0n) is 14.1. The van der Waals surface area contributed by atoms with E-state index in [1.807, 2.05) is 6.92 Å². The number of carbonyl (C=O) groups excluding carboxylic acids is 2. The number of nitrogens with zero attached hydrogens (tertiary/aromatic N) is 4. The number of aromatic nitrogens is 3. The van der Waals surface area contributed by atoms with Gasteiger partial charge in [0.05, 0.1) is 11.3 Å². The van der Waals surface area contributed by atoms with Gasteiger partial charge in [0.25, 0.3) is 11.8 Å². The van der Waals surface area contributed by atoms with Gasteiger partial charge in [0.2, 0.25) is 0 Å². The Labute approximate surface area is 139 Å². The van der Waals surface area contributed by atoms with Crippen LogP contribution in [0.15, 0.2) is 10.5 Å². The average Bonchev–Trinajstić information content (AvgIpc) is 3.02. The Morgan fingerprint density at radius 3 is 2.25 bits per heavy atom. The molecule has 2 amide bonds. The van der Waals surface area contributed by atoms with Crippen molar-refractivity contribution in [2.75, 3.05) is 26.2 Å². The molecule has 0 bridgehead atoms.